The van der Waals surface area contributed by atoms with Gasteiger partial charge >= 0.3 is 5.97 Å². The van der Waals surface area contributed by atoms with Crippen LogP contribution < -0.4 is 16.8 Å². The van der Waals surface area contributed by atoms with Crippen molar-refractivity contribution in [2.75, 3.05) is 0 Å². The highest BCUT2D eigenvalue weighted by Gasteiger charge is 2.50. The molecule has 13 N–H and O–H groups in total. The van der Waals surface area contributed by atoms with Crippen LogP contribution in [-0.2, 0) is 9.59 Å². The van der Waals surface area contributed by atoms with Gasteiger partial charge in [-0.15, -0.1) is 0 Å². The van der Waals surface area contributed by atoms with E-state index in [4.69, 9.17) is 11.5 Å². The van der Waals surface area contributed by atoms with Crippen LogP contribution in [0.25, 0.3) is 0 Å². The number of carboxylic acids is 1. The van der Waals surface area contributed by atoms with Crippen molar-refractivity contribution in [3.8, 4) is 0 Å². The summed E-state index contributed by atoms with van der Waals surface area (Å²) in [4.78, 5) is 27.1. The van der Waals surface area contributed by atoms with Gasteiger partial charge in [-0.05, 0) is 12.3 Å². The number of carbonyl (C=O) groups is 2. The van der Waals surface area contributed by atoms with Crippen molar-refractivity contribution in [3.05, 3.63) is 0 Å². The summed E-state index contributed by atoms with van der Waals surface area (Å²) in [5, 5.41) is 22.7. The Morgan fingerprint density at radius 2 is 1.69 bits per heavy atom. The third kappa shape index (κ3) is 6.75. The molecule has 0 aromatic rings. The molecule has 1 amide bonds. The zero-order valence-corrected chi connectivity index (χ0v) is 15.4. The van der Waals surface area contributed by atoms with Crippen molar-refractivity contribution >= 4 is 17.8 Å². The molecule has 26 heavy (non-hydrogen) atoms. The van der Waals surface area contributed by atoms with Gasteiger partial charge in [-0.1, -0.05) is 26.7 Å². The van der Waals surface area contributed by atoms with E-state index in [0.717, 1.165) is 12.8 Å². The van der Waals surface area contributed by atoms with Gasteiger partial charge in [0.2, 0.25) is 5.91 Å². The lowest BCUT2D eigenvalue weighted by molar-refractivity contribution is -0.145. The summed E-state index contributed by atoms with van der Waals surface area (Å²) in [5.74, 6) is -2.84. The molecule has 1 aliphatic rings. The molecule has 5 unspecified atom stereocenters. The quantitative estimate of drug-likeness (QED) is 0.229. The lowest BCUT2D eigenvalue weighted by Crippen LogP contribution is -2.51. The average Bonchev–Trinajstić information content (AvgIpc) is 2.74. The van der Waals surface area contributed by atoms with E-state index in [1.54, 1.807) is 0 Å². The molecule has 1 saturated carbocycles. The van der Waals surface area contributed by atoms with Gasteiger partial charge in [-0.3, -0.25) is 9.59 Å². The number of aliphatic imine (C=N–C) groups is 1. The number of amides is 1. The second kappa shape index (κ2) is 12.4. The molecule has 0 aromatic heterocycles. The minimum atomic E-state index is -1.11. The van der Waals surface area contributed by atoms with Crippen LogP contribution in [0.3, 0.4) is 0 Å². The number of aliphatic hydroxyl groups excluding tert-OH is 1. The molecule has 11 nitrogen and oxygen atoms in total. The molecule has 1 fully saturated rings. The van der Waals surface area contributed by atoms with Crippen molar-refractivity contribution in [3.63, 3.8) is 0 Å². The highest BCUT2D eigenvalue weighted by Crippen LogP contribution is 2.39. The summed E-state index contributed by atoms with van der Waals surface area (Å²) in [7, 11) is 0. The first kappa shape index (κ1) is 28.8. The fourth-order valence-corrected chi connectivity index (χ4v) is 3.64. The minimum absolute atomic E-state index is 0. The van der Waals surface area contributed by atoms with E-state index in [1.165, 1.54) is 6.92 Å². The van der Waals surface area contributed by atoms with Gasteiger partial charge in [-0.2, -0.15) is 0 Å². The zero-order valence-electron chi connectivity index (χ0n) is 15.4. The molecule has 0 heterocycles. The standard InChI is InChI=1S/C15H28N4O4.3H2O/c1-4-8(5-2)12(18-7(3)20)11-10(19-15(16)17)6-9(13(11)21)14(22)23;;;/h8-13,21H,4-6H2,1-3H3,(H,18,20)(H,22,23)(H4,16,17,19);3*1H2. The third-order valence-corrected chi connectivity index (χ3v) is 4.72. The van der Waals surface area contributed by atoms with E-state index in [2.05, 4.69) is 10.3 Å². The number of carbonyl (C=O) groups excluding carboxylic acids is 1. The maximum absolute atomic E-state index is 11.6. The summed E-state index contributed by atoms with van der Waals surface area (Å²) in [6, 6.07) is -0.913. The first-order valence-corrected chi connectivity index (χ1v) is 7.99. The first-order chi connectivity index (χ1) is 10.7. The largest absolute Gasteiger partial charge is 0.481 e. The monoisotopic (exact) mass is 382 g/mol. The Kier molecular flexibility index (Phi) is 13.8. The molecule has 0 aliphatic heterocycles. The zero-order chi connectivity index (χ0) is 17.7. The lowest BCUT2D eigenvalue weighted by atomic mass is 9.80. The topological polar surface area (TPSA) is 246 Å². The second-order valence-electron chi connectivity index (χ2n) is 6.17. The van der Waals surface area contributed by atoms with E-state index < -0.39 is 30.0 Å². The summed E-state index contributed by atoms with van der Waals surface area (Å²) in [5.41, 5.74) is 10.9. The number of nitrogens with two attached hydrogens (primary N) is 2. The van der Waals surface area contributed by atoms with Crippen LogP contribution in [-0.4, -0.2) is 62.7 Å². The van der Waals surface area contributed by atoms with E-state index in [-0.39, 0.29) is 46.7 Å². The molecule has 1 rings (SSSR count). The fourth-order valence-electron chi connectivity index (χ4n) is 3.64. The summed E-state index contributed by atoms with van der Waals surface area (Å²) in [6.45, 7) is 5.39. The number of hydrogen-bond donors (Lipinski definition) is 5. The van der Waals surface area contributed by atoms with Gasteiger partial charge in [-0.25, -0.2) is 4.99 Å². The average molecular weight is 382 g/mol. The van der Waals surface area contributed by atoms with Crippen molar-refractivity contribution in [2.24, 2.45) is 34.2 Å². The molecular formula is C15H34N4O7. The van der Waals surface area contributed by atoms with Gasteiger partial charge in [0.15, 0.2) is 5.96 Å². The summed E-state index contributed by atoms with van der Waals surface area (Å²) < 4.78 is 0. The molecule has 0 saturated heterocycles. The molecule has 1 aliphatic carbocycles. The van der Waals surface area contributed by atoms with Crippen LogP contribution in [0.15, 0.2) is 4.99 Å². The highest BCUT2D eigenvalue weighted by atomic mass is 16.4. The number of rotatable bonds is 7. The molecule has 5 atom stereocenters. The number of nitrogens with one attached hydrogen (secondary N) is 1. The Morgan fingerprint density at radius 1 is 1.19 bits per heavy atom. The molecule has 0 bridgehead atoms. The number of aliphatic hydroxyl groups is 1. The predicted octanol–water partition coefficient (Wildman–Crippen LogP) is -2.82. The molecule has 156 valence electrons. The smallest absolute Gasteiger partial charge is 0.309 e. The van der Waals surface area contributed by atoms with E-state index in [9.17, 15) is 19.8 Å². The fraction of sp³-hybridized carbons (Fsp3) is 0.800. The second-order valence-corrected chi connectivity index (χ2v) is 6.17. The van der Waals surface area contributed by atoms with Crippen LogP contribution in [0.4, 0.5) is 0 Å². The van der Waals surface area contributed by atoms with E-state index in [1.807, 2.05) is 13.8 Å². The molecule has 0 spiro atoms. The van der Waals surface area contributed by atoms with Crippen molar-refractivity contribution in [1.29, 1.82) is 0 Å². The predicted molar refractivity (Wildman–Crippen MR) is 97.4 cm³/mol. The van der Waals surface area contributed by atoms with Gasteiger partial charge in [0, 0.05) is 18.9 Å². The first-order valence-electron chi connectivity index (χ1n) is 7.99. The Morgan fingerprint density at radius 3 is 2.04 bits per heavy atom. The van der Waals surface area contributed by atoms with Crippen LogP contribution >= 0.6 is 0 Å². The Bertz CT molecular complexity index is 467. The SMILES string of the molecule is CCC(CC)C(NC(C)=O)C1C(N=C(N)N)CC(C(=O)O)C1O.O.O.O. The molecular weight excluding hydrogens is 348 g/mol. The maximum atomic E-state index is 11.6. The number of nitrogens with zero attached hydrogens (tertiary/aromatic N) is 1. The Hall–Kier alpha value is -1.95. The maximum Gasteiger partial charge on any atom is 0.309 e. The minimum Gasteiger partial charge on any atom is -0.481 e. The van der Waals surface area contributed by atoms with Crippen LogP contribution in [0.2, 0.25) is 0 Å². The summed E-state index contributed by atoms with van der Waals surface area (Å²) >= 11 is 0. The number of guanidine groups is 1. The van der Waals surface area contributed by atoms with Crippen molar-refractivity contribution in [2.45, 2.75) is 58.2 Å². The number of aliphatic carboxylic acids is 1. The number of carboxylic acid groups (broad SMARTS) is 1. The van der Waals surface area contributed by atoms with Crippen LogP contribution in [0.5, 0.6) is 0 Å². The number of hydrogen-bond acceptors (Lipinski definition) is 4. The molecule has 0 aromatic carbocycles. The Balaban J connectivity index is -0.00000176. The van der Waals surface area contributed by atoms with Crippen molar-refractivity contribution < 1.29 is 36.2 Å². The van der Waals surface area contributed by atoms with E-state index in [0.29, 0.717) is 0 Å². The van der Waals surface area contributed by atoms with Crippen molar-refractivity contribution in [1.82, 2.24) is 5.32 Å². The van der Waals surface area contributed by atoms with E-state index >= 15 is 0 Å². The normalized spacial score (nSPS) is 25.1. The van der Waals surface area contributed by atoms with Gasteiger partial charge < -0.3 is 43.4 Å². The van der Waals surface area contributed by atoms with Crippen LogP contribution in [0.1, 0.15) is 40.0 Å². The van der Waals surface area contributed by atoms with Gasteiger partial charge in [0.05, 0.1) is 18.1 Å². The van der Waals surface area contributed by atoms with Crippen LogP contribution in [0, 0.1) is 17.8 Å². The molecule has 11 heteroatoms. The van der Waals surface area contributed by atoms with Gasteiger partial charge in [0.25, 0.3) is 0 Å². The summed E-state index contributed by atoms with van der Waals surface area (Å²) in [6.07, 6.45) is 0.612. The third-order valence-electron chi connectivity index (χ3n) is 4.72. The highest BCUT2D eigenvalue weighted by molar-refractivity contribution is 5.76. The van der Waals surface area contributed by atoms with Gasteiger partial charge in [0.1, 0.15) is 0 Å². The lowest BCUT2D eigenvalue weighted by Gasteiger charge is -2.35. The molecule has 0 radical (unpaired) electrons. The Labute approximate surface area is 152 Å².